The molecule has 5 rings (SSSR count). The number of carbonyl (C=O) groups is 2. The van der Waals surface area contributed by atoms with Gasteiger partial charge in [0.1, 0.15) is 11.5 Å². The Morgan fingerprint density at radius 1 is 1.09 bits per heavy atom. The van der Waals surface area contributed by atoms with E-state index in [2.05, 4.69) is 21.3 Å². The Labute approximate surface area is 197 Å². The number of benzene rings is 2. The maximum atomic E-state index is 14.1. The Morgan fingerprint density at radius 3 is 2.59 bits per heavy atom. The number of aromatic amines is 1. The van der Waals surface area contributed by atoms with E-state index in [0.29, 0.717) is 22.3 Å². The van der Waals surface area contributed by atoms with E-state index < -0.39 is 0 Å². The lowest BCUT2D eigenvalue weighted by atomic mass is 9.78. The van der Waals surface area contributed by atoms with Gasteiger partial charge in [-0.1, -0.05) is 12.1 Å². The van der Waals surface area contributed by atoms with Crippen LogP contribution in [0.3, 0.4) is 0 Å². The molecule has 2 aliphatic heterocycles. The molecule has 3 aromatic rings. The number of aromatic nitrogens is 1. The molecule has 0 radical (unpaired) electrons. The predicted molar refractivity (Wildman–Crippen MR) is 130 cm³/mol. The maximum absolute atomic E-state index is 14.1. The second kappa shape index (κ2) is 8.66. The number of rotatable bonds is 3. The van der Waals surface area contributed by atoms with Crippen LogP contribution in [0.15, 0.2) is 42.5 Å². The summed E-state index contributed by atoms with van der Waals surface area (Å²) in [5.41, 5.74) is 3.81. The number of halogens is 1. The fraction of sp³-hybridized carbons (Fsp3) is 0.385. The second-order valence-corrected chi connectivity index (χ2v) is 9.47. The number of ether oxygens (including phenoxy) is 1. The van der Waals surface area contributed by atoms with Crippen LogP contribution in [0.25, 0.3) is 10.9 Å². The highest BCUT2D eigenvalue weighted by atomic mass is 19.1. The minimum absolute atomic E-state index is 0.204. The van der Waals surface area contributed by atoms with Crippen molar-refractivity contribution in [3.05, 3.63) is 59.5 Å². The molecule has 34 heavy (non-hydrogen) atoms. The van der Waals surface area contributed by atoms with Crippen molar-refractivity contribution in [2.45, 2.75) is 26.2 Å². The Balaban J connectivity index is 1.27. The fourth-order valence-electron chi connectivity index (χ4n) is 5.28. The number of H-pyrrole nitrogens is 1. The highest BCUT2D eigenvalue weighted by Gasteiger charge is 2.41. The van der Waals surface area contributed by atoms with E-state index in [9.17, 15) is 14.0 Å². The predicted octanol–water partition coefficient (Wildman–Crippen LogP) is 4.93. The maximum Gasteiger partial charge on any atom is 0.409 e. The molecule has 0 aliphatic carbocycles. The molecular formula is C26H29FN4O3. The molecule has 2 amide bonds. The molecule has 178 valence electrons. The van der Waals surface area contributed by atoms with Gasteiger partial charge in [-0.15, -0.1) is 0 Å². The Hall–Kier alpha value is -3.55. The van der Waals surface area contributed by atoms with Crippen molar-refractivity contribution in [1.29, 1.82) is 0 Å². The summed E-state index contributed by atoms with van der Waals surface area (Å²) in [6.07, 6.45) is 2.76. The highest BCUT2D eigenvalue weighted by molar-refractivity contribution is 6.06. The van der Waals surface area contributed by atoms with Gasteiger partial charge >= 0.3 is 6.09 Å². The number of piperidine rings is 1. The van der Waals surface area contributed by atoms with Gasteiger partial charge in [-0.3, -0.25) is 4.79 Å². The zero-order chi connectivity index (χ0) is 23.9. The van der Waals surface area contributed by atoms with E-state index in [-0.39, 0.29) is 23.2 Å². The summed E-state index contributed by atoms with van der Waals surface area (Å²) in [7, 11) is 1.42. The standard InChI is InChI=1S/C26H29FN4O3/c1-17-6-7-21(27)20-15-22(29-23(17)20)24(32)28-18-4-3-5-19(14-18)31-13-10-26(16-31)8-11-30(12-9-26)25(33)34-2/h3-7,14-15,29H,8-13,16H2,1-2H3,(H,28,32). The van der Waals surface area contributed by atoms with Crippen molar-refractivity contribution in [2.75, 3.05) is 43.5 Å². The van der Waals surface area contributed by atoms with Crippen LogP contribution >= 0.6 is 0 Å². The number of nitrogens with one attached hydrogen (secondary N) is 2. The molecule has 0 bridgehead atoms. The molecule has 7 nitrogen and oxygen atoms in total. The number of aryl methyl sites for hydroxylation is 1. The first-order valence-corrected chi connectivity index (χ1v) is 11.6. The van der Waals surface area contributed by atoms with Crippen molar-refractivity contribution < 1.29 is 18.7 Å². The largest absolute Gasteiger partial charge is 0.453 e. The minimum Gasteiger partial charge on any atom is -0.453 e. The SMILES string of the molecule is COC(=O)N1CCC2(CC1)CCN(c1cccc(NC(=O)c3cc4c(F)ccc(C)c4[nH]3)c1)C2. The van der Waals surface area contributed by atoms with Crippen molar-refractivity contribution in [1.82, 2.24) is 9.88 Å². The van der Waals surface area contributed by atoms with Crippen LogP contribution in [0.2, 0.25) is 0 Å². The van der Waals surface area contributed by atoms with Crippen LogP contribution in [-0.4, -0.2) is 55.2 Å². The number of anilines is 2. The van der Waals surface area contributed by atoms with Gasteiger partial charge in [0, 0.05) is 42.9 Å². The lowest BCUT2D eigenvalue weighted by molar-refractivity contribution is 0.0851. The van der Waals surface area contributed by atoms with Gasteiger partial charge in [-0.05, 0) is 67.5 Å². The average molecular weight is 465 g/mol. The Kier molecular flexibility index (Phi) is 5.67. The van der Waals surface area contributed by atoms with E-state index in [4.69, 9.17) is 4.74 Å². The van der Waals surface area contributed by atoms with E-state index in [1.807, 2.05) is 25.1 Å². The molecule has 0 saturated carbocycles. The first-order valence-electron chi connectivity index (χ1n) is 11.6. The molecule has 3 heterocycles. The third-order valence-corrected chi connectivity index (χ3v) is 7.36. The van der Waals surface area contributed by atoms with Gasteiger partial charge in [0.15, 0.2) is 0 Å². The number of hydrogen-bond acceptors (Lipinski definition) is 4. The first kappa shape index (κ1) is 22.3. The quantitative estimate of drug-likeness (QED) is 0.576. The zero-order valence-corrected chi connectivity index (χ0v) is 19.5. The first-order chi connectivity index (χ1) is 16.4. The van der Waals surface area contributed by atoms with Gasteiger partial charge < -0.3 is 24.8 Å². The van der Waals surface area contributed by atoms with Crippen molar-refractivity contribution in [3.63, 3.8) is 0 Å². The minimum atomic E-state index is -0.349. The number of hydrogen-bond donors (Lipinski definition) is 2. The van der Waals surface area contributed by atoms with Gasteiger partial charge in [-0.25, -0.2) is 9.18 Å². The molecule has 2 saturated heterocycles. The van der Waals surface area contributed by atoms with Gasteiger partial charge in [0.2, 0.25) is 0 Å². The summed E-state index contributed by atoms with van der Waals surface area (Å²) in [5.74, 6) is -0.654. The second-order valence-electron chi connectivity index (χ2n) is 9.47. The van der Waals surface area contributed by atoms with Crippen molar-refractivity contribution in [3.8, 4) is 0 Å². The summed E-state index contributed by atoms with van der Waals surface area (Å²) in [6, 6.07) is 12.5. The van der Waals surface area contributed by atoms with Gasteiger partial charge in [0.05, 0.1) is 12.6 Å². The topological polar surface area (TPSA) is 77.7 Å². The molecule has 8 heteroatoms. The average Bonchev–Trinajstić information content (AvgIpc) is 3.48. The highest BCUT2D eigenvalue weighted by Crippen LogP contribution is 2.42. The van der Waals surface area contributed by atoms with E-state index in [1.54, 1.807) is 17.0 Å². The van der Waals surface area contributed by atoms with Crippen molar-refractivity contribution in [2.24, 2.45) is 5.41 Å². The molecule has 2 aliphatic rings. The smallest absolute Gasteiger partial charge is 0.409 e. The number of likely N-dealkylation sites (tertiary alicyclic amines) is 1. The van der Waals surface area contributed by atoms with E-state index in [0.717, 1.165) is 56.7 Å². The van der Waals surface area contributed by atoms with E-state index in [1.165, 1.54) is 13.2 Å². The summed E-state index contributed by atoms with van der Waals surface area (Å²) in [4.78, 5) is 31.9. The summed E-state index contributed by atoms with van der Waals surface area (Å²) >= 11 is 0. The number of nitrogens with zero attached hydrogens (tertiary/aromatic N) is 2. The lowest BCUT2D eigenvalue weighted by Crippen LogP contribution is -2.44. The molecule has 2 aromatic carbocycles. The Morgan fingerprint density at radius 2 is 1.85 bits per heavy atom. The molecule has 1 aromatic heterocycles. The Bertz CT molecular complexity index is 1210. The normalized spacial score (nSPS) is 17.4. The number of amides is 2. The number of methoxy groups -OCH3 is 1. The summed E-state index contributed by atoms with van der Waals surface area (Å²) < 4.78 is 19.0. The summed E-state index contributed by atoms with van der Waals surface area (Å²) in [6.45, 7) is 5.20. The van der Waals surface area contributed by atoms with Crippen LogP contribution in [-0.2, 0) is 4.74 Å². The molecule has 2 N–H and O–H groups in total. The third-order valence-electron chi connectivity index (χ3n) is 7.36. The molecule has 2 fully saturated rings. The van der Waals surface area contributed by atoms with Crippen LogP contribution < -0.4 is 10.2 Å². The van der Waals surface area contributed by atoms with Crippen LogP contribution in [0.4, 0.5) is 20.6 Å². The van der Waals surface area contributed by atoms with Crippen LogP contribution in [0.1, 0.15) is 35.3 Å². The number of carbonyl (C=O) groups excluding carboxylic acids is 2. The number of fused-ring (bicyclic) bond motifs is 1. The molecule has 0 unspecified atom stereocenters. The third kappa shape index (κ3) is 4.08. The molecule has 1 spiro atoms. The zero-order valence-electron chi connectivity index (χ0n) is 19.5. The molecular weight excluding hydrogens is 435 g/mol. The van der Waals surface area contributed by atoms with E-state index >= 15 is 0 Å². The van der Waals surface area contributed by atoms with Crippen LogP contribution in [0, 0.1) is 18.2 Å². The monoisotopic (exact) mass is 464 g/mol. The lowest BCUT2D eigenvalue weighted by Gasteiger charge is -2.38. The van der Waals surface area contributed by atoms with Crippen molar-refractivity contribution >= 4 is 34.3 Å². The van der Waals surface area contributed by atoms with Gasteiger partial charge in [0.25, 0.3) is 5.91 Å². The van der Waals surface area contributed by atoms with Gasteiger partial charge in [-0.2, -0.15) is 0 Å². The van der Waals surface area contributed by atoms with Crippen LogP contribution in [0.5, 0.6) is 0 Å². The summed E-state index contributed by atoms with van der Waals surface area (Å²) in [5, 5.41) is 3.36. The fourth-order valence-corrected chi connectivity index (χ4v) is 5.28. The molecule has 0 atom stereocenters.